The molecule has 0 aliphatic rings. The van der Waals surface area contributed by atoms with Crippen molar-refractivity contribution in [1.29, 1.82) is 0 Å². The Balaban J connectivity index is 1.70. The van der Waals surface area contributed by atoms with Gasteiger partial charge in [-0.15, -0.1) is 10.2 Å². The van der Waals surface area contributed by atoms with Crippen LogP contribution in [-0.4, -0.2) is 17.3 Å². The standard InChI is InChI=1S/C17H15ClN2O3/c1-11-3-8-14(18)15(9-11)22-10-16-19-20-17(23-16)12-4-6-13(21-2)7-5-12/h3-9H,10H2,1-2H3. The second-order valence-corrected chi connectivity index (χ2v) is 5.36. The first-order valence-corrected chi connectivity index (χ1v) is 7.39. The van der Waals surface area contributed by atoms with Gasteiger partial charge in [0.1, 0.15) is 11.5 Å². The molecule has 1 heterocycles. The molecule has 0 fully saturated rings. The number of halogens is 1. The molecule has 0 atom stereocenters. The molecule has 3 aromatic rings. The van der Waals surface area contributed by atoms with Crippen molar-refractivity contribution in [3.05, 3.63) is 58.9 Å². The van der Waals surface area contributed by atoms with Gasteiger partial charge in [0.2, 0.25) is 5.89 Å². The number of aryl methyl sites for hydroxylation is 1. The number of nitrogens with zero attached hydrogens (tertiary/aromatic N) is 2. The van der Waals surface area contributed by atoms with Gasteiger partial charge in [0.15, 0.2) is 6.61 Å². The van der Waals surface area contributed by atoms with Gasteiger partial charge in [-0.1, -0.05) is 17.7 Å². The average molecular weight is 331 g/mol. The van der Waals surface area contributed by atoms with Crippen LogP contribution >= 0.6 is 11.6 Å². The van der Waals surface area contributed by atoms with Gasteiger partial charge >= 0.3 is 0 Å². The molecule has 0 bridgehead atoms. The van der Waals surface area contributed by atoms with Crippen molar-refractivity contribution in [3.8, 4) is 23.0 Å². The molecule has 6 heteroatoms. The number of rotatable bonds is 5. The zero-order valence-electron chi connectivity index (χ0n) is 12.7. The van der Waals surface area contributed by atoms with Crippen LogP contribution in [0.2, 0.25) is 5.02 Å². The third-order valence-electron chi connectivity index (χ3n) is 3.24. The molecule has 0 aliphatic carbocycles. The number of methoxy groups -OCH3 is 1. The van der Waals surface area contributed by atoms with Crippen molar-refractivity contribution >= 4 is 11.6 Å². The minimum absolute atomic E-state index is 0.159. The number of ether oxygens (including phenoxy) is 2. The van der Waals surface area contributed by atoms with E-state index in [1.54, 1.807) is 13.2 Å². The van der Waals surface area contributed by atoms with E-state index in [9.17, 15) is 0 Å². The fourth-order valence-corrected chi connectivity index (χ4v) is 2.19. The lowest BCUT2D eigenvalue weighted by atomic mass is 10.2. The van der Waals surface area contributed by atoms with Crippen LogP contribution in [0.5, 0.6) is 11.5 Å². The molecule has 0 unspecified atom stereocenters. The highest BCUT2D eigenvalue weighted by Gasteiger charge is 2.10. The molecular formula is C17H15ClN2O3. The summed E-state index contributed by atoms with van der Waals surface area (Å²) in [4.78, 5) is 0. The van der Waals surface area contributed by atoms with Crippen molar-refractivity contribution in [2.24, 2.45) is 0 Å². The minimum atomic E-state index is 0.159. The summed E-state index contributed by atoms with van der Waals surface area (Å²) in [5.74, 6) is 2.18. The van der Waals surface area contributed by atoms with E-state index in [0.717, 1.165) is 16.9 Å². The summed E-state index contributed by atoms with van der Waals surface area (Å²) in [5, 5.41) is 8.56. The highest BCUT2D eigenvalue weighted by atomic mass is 35.5. The monoisotopic (exact) mass is 330 g/mol. The van der Waals surface area contributed by atoms with Gasteiger partial charge in [-0.05, 0) is 48.9 Å². The summed E-state index contributed by atoms with van der Waals surface area (Å²) in [6.07, 6.45) is 0. The Kier molecular flexibility index (Phi) is 4.48. The molecule has 0 aliphatic heterocycles. The molecule has 0 radical (unpaired) electrons. The van der Waals surface area contributed by atoms with Crippen molar-refractivity contribution < 1.29 is 13.9 Å². The Morgan fingerprint density at radius 3 is 2.61 bits per heavy atom. The van der Waals surface area contributed by atoms with Crippen molar-refractivity contribution in [2.75, 3.05) is 7.11 Å². The maximum Gasteiger partial charge on any atom is 0.254 e. The van der Waals surface area contributed by atoms with Gasteiger partial charge in [-0.25, -0.2) is 0 Å². The molecule has 0 amide bonds. The van der Waals surface area contributed by atoms with E-state index in [-0.39, 0.29) is 6.61 Å². The summed E-state index contributed by atoms with van der Waals surface area (Å²) in [6.45, 7) is 2.13. The van der Waals surface area contributed by atoms with Crippen LogP contribution in [0.15, 0.2) is 46.9 Å². The molecule has 0 N–H and O–H groups in total. The highest BCUT2D eigenvalue weighted by molar-refractivity contribution is 6.32. The lowest BCUT2D eigenvalue weighted by Gasteiger charge is -2.06. The molecule has 1 aromatic heterocycles. The Hall–Kier alpha value is -2.53. The van der Waals surface area contributed by atoms with Gasteiger partial charge in [0.25, 0.3) is 5.89 Å². The maximum atomic E-state index is 6.09. The number of hydrogen-bond donors (Lipinski definition) is 0. The lowest BCUT2D eigenvalue weighted by Crippen LogP contribution is -1.96. The van der Waals surface area contributed by atoms with E-state index in [4.69, 9.17) is 25.5 Å². The van der Waals surface area contributed by atoms with Gasteiger partial charge < -0.3 is 13.9 Å². The van der Waals surface area contributed by atoms with Crippen molar-refractivity contribution in [3.63, 3.8) is 0 Å². The van der Waals surface area contributed by atoms with Crippen LogP contribution in [0.1, 0.15) is 11.5 Å². The summed E-state index contributed by atoms with van der Waals surface area (Å²) < 4.78 is 16.4. The summed E-state index contributed by atoms with van der Waals surface area (Å²) in [6, 6.07) is 13.0. The predicted molar refractivity (Wildman–Crippen MR) is 86.8 cm³/mol. The van der Waals surface area contributed by atoms with Crippen LogP contribution in [0.4, 0.5) is 0 Å². The molecule has 0 saturated heterocycles. The predicted octanol–water partition coefficient (Wildman–Crippen LogP) is 4.29. The normalized spacial score (nSPS) is 10.6. The number of hydrogen-bond acceptors (Lipinski definition) is 5. The second kappa shape index (κ2) is 6.71. The van der Waals surface area contributed by atoms with Crippen LogP contribution in [-0.2, 0) is 6.61 Å². The van der Waals surface area contributed by atoms with Crippen molar-refractivity contribution in [1.82, 2.24) is 10.2 Å². The largest absolute Gasteiger partial charge is 0.497 e. The Morgan fingerprint density at radius 2 is 1.87 bits per heavy atom. The second-order valence-electron chi connectivity index (χ2n) is 4.95. The van der Waals surface area contributed by atoms with E-state index in [1.807, 2.05) is 43.3 Å². The summed E-state index contributed by atoms with van der Waals surface area (Å²) >= 11 is 6.09. The summed E-state index contributed by atoms with van der Waals surface area (Å²) in [7, 11) is 1.62. The fraction of sp³-hybridized carbons (Fsp3) is 0.176. The minimum Gasteiger partial charge on any atom is -0.497 e. The zero-order valence-corrected chi connectivity index (χ0v) is 13.5. The van der Waals surface area contributed by atoms with Gasteiger partial charge in [0, 0.05) is 5.56 Å². The third kappa shape index (κ3) is 3.63. The average Bonchev–Trinajstić information content (AvgIpc) is 3.05. The first-order chi connectivity index (χ1) is 11.2. The van der Waals surface area contributed by atoms with E-state index in [2.05, 4.69) is 10.2 Å². The smallest absolute Gasteiger partial charge is 0.254 e. The highest BCUT2D eigenvalue weighted by Crippen LogP contribution is 2.26. The topological polar surface area (TPSA) is 57.4 Å². The quantitative estimate of drug-likeness (QED) is 0.698. The Morgan fingerprint density at radius 1 is 1.09 bits per heavy atom. The van der Waals surface area contributed by atoms with Gasteiger partial charge in [-0.3, -0.25) is 0 Å². The number of aromatic nitrogens is 2. The summed E-state index contributed by atoms with van der Waals surface area (Å²) in [5.41, 5.74) is 1.88. The molecule has 0 saturated carbocycles. The number of benzene rings is 2. The molecular weight excluding hydrogens is 316 g/mol. The first kappa shape index (κ1) is 15.4. The van der Waals surface area contributed by atoms with E-state index in [0.29, 0.717) is 22.6 Å². The van der Waals surface area contributed by atoms with E-state index in [1.165, 1.54) is 0 Å². The zero-order chi connectivity index (χ0) is 16.2. The molecule has 3 rings (SSSR count). The van der Waals surface area contributed by atoms with Crippen LogP contribution in [0, 0.1) is 6.92 Å². The molecule has 0 spiro atoms. The van der Waals surface area contributed by atoms with Crippen LogP contribution < -0.4 is 9.47 Å². The first-order valence-electron chi connectivity index (χ1n) is 7.01. The Labute approximate surface area is 138 Å². The molecule has 5 nitrogen and oxygen atoms in total. The van der Waals surface area contributed by atoms with Crippen LogP contribution in [0.25, 0.3) is 11.5 Å². The molecule has 118 valence electrons. The molecule has 23 heavy (non-hydrogen) atoms. The lowest BCUT2D eigenvalue weighted by molar-refractivity contribution is 0.264. The maximum absolute atomic E-state index is 6.09. The molecule has 2 aromatic carbocycles. The van der Waals surface area contributed by atoms with E-state index < -0.39 is 0 Å². The third-order valence-corrected chi connectivity index (χ3v) is 3.55. The SMILES string of the molecule is COc1ccc(-c2nnc(COc3cc(C)ccc3Cl)o2)cc1. The fourth-order valence-electron chi connectivity index (χ4n) is 2.02. The van der Waals surface area contributed by atoms with Crippen molar-refractivity contribution in [2.45, 2.75) is 13.5 Å². The van der Waals surface area contributed by atoms with E-state index >= 15 is 0 Å². The van der Waals surface area contributed by atoms with Crippen LogP contribution in [0.3, 0.4) is 0 Å². The van der Waals surface area contributed by atoms with Gasteiger partial charge in [-0.2, -0.15) is 0 Å². The Bertz CT molecular complexity index is 800. The van der Waals surface area contributed by atoms with Gasteiger partial charge in [0.05, 0.1) is 12.1 Å².